The van der Waals surface area contributed by atoms with E-state index in [2.05, 4.69) is 9.97 Å². The van der Waals surface area contributed by atoms with Crippen LogP contribution in [0.15, 0.2) is 6.07 Å². The molecule has 1 aliphatic rings. The van der Waals surface area contributed by atoms with Crippen molar-refractivity contribution >= 4 is 17.7 Å². The first kappa shape index (κ1) is 19.8. The molecule has 0 bridgehead atoms. The third-order valence-corrected chi connectivity index (χ3v) is 4.16. The maximum Gasteiger partial charge on any atom is 0.410 e. The number of piperidine rings is 1. The van der Waals surface area contributed by atoms with Crippen molar-refractivity contribution < 1.29 is 14.3 Å². The lowest BCUT2D eigenvalue weighted by molar-refractivity contribution is 0.00822. The summed E-state index contributed by atoms with van der Waals surface area (Å²) < 4.78 is 11.2. The zero-order valence-corrected chi connectivity index (χ0v) is 16.3. The van der Waals surface area contributed by atoms with Crippen LogP contribution >= 0.6 is 11.6 Å². The zero-order chi connectivity index (χ0) is 18.4. The molecule has 140 valence electrons. The molecule has 1 aromatic rings. The topological polar surface area (TPSA) is 64.5 Å². The average Bonchev–Trinajstić information content (AvgIpc) is 2.49. The maximum absolute atomic E-state index is 12.4. The number of likely N-dealkylation sites (tertiary alicyclic amines) is 1. The van der Waals surface area contributed by atoms with Crippen molar-refractivity contribution in [2.24, 2.45) is 0 Å². The highest BCUT2D eigenvalue weighted by molar-refractivity contribution is 6.28. The van der Waals surface area contributed by atoms with Gasteiger partial charge < -0.3 is 14.4 Å². The van der Waals surface area contributed by atoms with Gasteiger partial charge in [-0.25, -0.2) is 9.78 Å². The summed E-state index contributed by atoms with van der Waals surface area (Å²) >= 11 is 5.83. The van der Waals surface area contributed by atoms with Gasteiger partial charge in [-0.2, -0.15) is 4.98 Å². The van der Waals surface area contributed by atoms with Gasteiger partial charge in [0.25, 0.3) is 0 Å². The minimum absolute atomic E-state index is 0.193. The fourth-order valence-corrected chi connectivity index (χ4v) is 3.15. The molecule has 0 saturated carbocycles. The fraction of sp³-hybridized carbons (Fsp3) is 0.722. The van der Waals surface area contributed by atoms with Gasteiger partial charge in [-0.3, -0.25) is 0 Å². The molecule has 0 spiro atoms. The molecule has 1 atom stereocenters. The van der Waals surface area contributed by atoms with Crippen molar-refractivity contribution in [3.05, 3.63) is 17.0 Å². The number of aromatic nitrogens is 2. The molecule has 0 aromatic carbocycles. The molecule has 7 heteroatoms. The van der Waals surface area contributed by atoms with E-state index in [1.165, 1.54) is 0 Å². The minimum atomic E-state index is -0.466. The Labute approximate surface area is 154 Å². The number of nitrogens with zero attached hydrogens (tertiary/aromatic N) is 3. The molecular formula is C18H28ClN3O3. The third kappa shape index (κ3) is 6.69. The quantitative estimate of drug-likeness (QED) is 0.569. The highest BCUT2D eigenvalue weighted by Crippen LogP contribution is 2.23. The summed E-state index contributed by atoms with van der Waals surface area (Å²) in [4.78, 5) is 22.3. The molecule has 0 aliphatic carbocycles. The first-order chi connectivity index (χ1) is 11.7. The van der Waals surface area contributed by atoms with Crippen LogP contribution in [0, 0.1) is 6.92 Å². The van der Waals surface area contributed by atoms with Gasteiger partial charge in [0.1, 0.15) is 5.60 Å². The monoisotopic (exact) mass is 369 g/mol. The summed E-state index contributed by atoms with van der Waals surface area (Å²) in [7, 11) is 0. The normalized spacial score (nSPS) is 18.1. The first-order valence-corrected chi connectivity index (χ1v) is 9.26. The van der Waals surface area contributed by atoms with E-state index in [0.29, 0.717) is 12.5 Å². The summed E-state index contributed by atoms with van der Waals surface area (Å²) in [6, 6.07) is 1.97. The molecule has 1 saturated heterocycles. The smallest absolute Gasteiger partial charge is 0.410 e. The lowest BCUT2D eigenvalue weighted by Gasteiger charge is -2.36. The van der Waals surface area contributed by atoms with Crippen molar-refractivity contribution in [3.63, 3.8) is 0 Å². The van der Waals surface area contributed by atoms with Gasteiger partial charge in [0.2, 0.25) is 11.2 Å². The summed E-state index contributed by atoms with van der Waals surface area (Å²) in [6.07, 6.45) is 4.70. The number of hydrogen-bond acceptors (Lipinski definition) is 5. The van der Waals surface area contributed by atoms with E-state index in [1.807, 2.05) is 32.6 Å². The van der Waals surface area contributed by atoms with Gasteiger partial charge in [-0.05, 0) is 71.4 Å². The Balaban J connectivity index is 1.82. The molecular weight excluding hydrogens is 342 g/mol. The average molecular weight is 370 g/mol. The highest BCUT2D eigenvalue weighted by atomic mass is 35.5. The van der Waals surface area contributed by atoms with E-state index < -0.39 is 5.60 Å². The SMILES string of the molecule is Cc1cc(OCCCC2CCCCN2C(=O)OC(C)(C)C)nc(Cl)n1. The standard InChI is InChI=1S/C18H28ClN3O3/c1-13-12-15(21-16(19)20-13)24-11-7-9-14-8-5-6-10-22(14)17(23)25-18(2,3)4/h12,14H,5-11H2,1-4H3. The van der Waals surface area contributed by atoms with E-state index >= 15 is 0 Å². The van der Waals surface area contributed by atoms with E-state index in [0.717, 1.165) is 44.3 Å². The minimum Gasteiger partial charge on any atom is -0.478 e. The predicted molar refractivity (Wildman–Crippen MR) is 97.1 cm³/mol. The van der Waals surface area contributed by atoms with Crippen LogP contribution in [0.2, 0.25) is 5.28 Å². The van der Waals surface area contributed by atoms with Crippen molar-refractivity contribution in [1.29, 1.82) is 0 Å². The third-order valence-electron chi connectivity index (χ3n) is 3.99. The molecule has 6 nitrogen and oxygen atoms in total. The lowest BCUT2D eigenvalue weighted by atomic mass is 9.98. The zero-order valence-electron chi connectivity index (χ0n) is 15.5. The number of aryl methyl sites for hydroxylation is 1. The molecule has 0 N–H and O–H groups in total. The summed E-state index contributed by atoms with van der Waals surface area (Å²) in [6.45, 7) is 8.83. The van der Waals surface area contributed by atoms with Crippen LogP contribution in [-0.4, -0.2) is 45.8 Å². The number of rotatable bonds is 5. The molecule has 1 aliphatic heterocycles. The van der Waals surface area contributed by atoms with Crippen LogP contribution in [0.3, 0.4) is 0 Å². The van der Waals surface area contributed by atoms with Crippen molar-refractivity contribution in [2.75, 3.05) is 13.2 Å². The highest BCUT2D eigenvalue weighted by Gasteiger charge is 2.30. The van der Waals surface area contributed by atoms with Crippen LogP contribution in [-0.2, 0) is 4.74 Å². The van der Waals surface area contributed by atoms with Crippen LogP contribution in [0.5, 0.6) is 5.88 Å². The fourth-order valence-electron chi connectivity index (χ4n) is 2.94. The second kappa shape index (κ2) is 8.70. The molecule has 25 heavy (non-hydrogen) atoms. The summed E-state index contributed by atoms with van der Waals surface area (Å²) in [5, 5.41) is 0.193. The van der Waals surface area contributed by atoms with E-state index in [1.54, 1.807) is 6.07 Å². The Morgan fingerprint density at radius 3 is 2.80 bits per heavy atom. The number of amides is 1. The Morgan fingerprint density at radius 2 is 2.12 bits per heavy atom. The Kier molecular flexibility index (Phi) is 6.87. The van der Waals surface area contributed by atoms with Gasteiger partial charge in [0.05, 0.1) is 6.61 Å². The summed E-state index contributed by atoms with van der Waals surface area (Å²) in [5.74, 6) is 0.491. The predicted octanol–water partition coefficient (Wildman–Crippen LogP) is 4.39. The second-order valence-electron chi connectivity index (χ2n) is 7.43. The Morgan fingerprint density at radius 1 is 1.36 bits per heavy atom. The number of halogens is 1. The maximum atomic E-state index is 12.4. The van der Waals surface area contributed by atoms with Crippen LogP contribution in [0.1, 0.15) is 58.6 Å². The van der Waals surface area contributed by atoms with Gasteiger partial charge >= 0.3 is 6.09 Å². The second-order valence-corrected chi connectivity index (χ2v) is 7.77. The van der Waals surface area contributed by atoms with Crippen LogP contribution in [0.25, 0.3) is 0 Å². The molecule has 2 heterocycles. The van der Waals surface area contributed by atoms with E-state index in [-0.39, 0.29) is 17.4 Å². The molecule has 1 fully saturated rings. The number of carbonyl (C=O) groups is 1. The van der Waals surface area contributed by atoms with Crippen molar-refractivity contribution in [3.8, 4) is 5.88 Å². The Hall–Kier alpha value is -1.56. The molecule has 1 amide bonds. The Bertz CT molecular complexity index is 569. The largest absolute Gasteiger partial charge is 0.478 e. The van der Waals surface area contributed by atoms with Crippen molar-refractivity contribution in [2.45, 2.75) is 71.4 Å². The van der Waals surface area contributed by atoms with Gasteiger partial charge in [0.15, 0.2) is 0 Å². The molecule has 1 unspecified atom stereocenters. The number of ether oxygens (including phenoxy) is 2. The molecule has 1 aromatic heterocycles. The van der Waals surface area contributed by atoms with Gasteiger partial charge in [-0.1, -0.05) is 0 Å². The summed E-state index contributed by atoms with van der Waals surface area (Å²) in [5.41, 5.74) is 0.310. The first-order valence-electron chi connectivity index (χ1n) is 8.88. The molecule has 0 radical (unpaired) electrons. The lowest BCUT2D eigenvalue weighted by Crippen LogP contribution is -2.46. The number of carbonyl (C=O) groups excluding carboxylic acids is 1. The van der Waals surface area contributed by atoms with Crippen molar-refractivity contribution in [1.82, 2.24) is 14.9 Å². The van der Waals surface area contributed by atoms with Crippen LogP contribution < -0.4 is 4.74 Å². The van der Waals surface area contributed by atoms with Crippen LogP contribution in [0.4, 0.5) is 4.79 Å². The van der Waals surface area contributed by atoms with E-state index in [9.17, 15) is 4.79 Å². The van der Waals surface area contributed by atoms with E-state index in [4.69, 9.17) is 21.1 Å². The van der Waals surface area contributed by atoms with Gasteiger partial charge in [0, 0.05) is 24.3 Å². The number of hydrogen-bond donors (Lipinski definition) is 0. The molecule has 2 rings (SSSR count). The van der Waals surface area contributed by atoms with Gasteiger partial charge in [-0.15, -0.1) is 0 Å².